The third-order valence-corrected chi connectivity index (χ3v) is 7.69. The van der Waals surface area contributed by atoms with E-state index in [0.717, 1.165) is 5.56 Å². The summed E-state index contributed by atoms with van der Waals surface area (Å²) in [6.07, 6.45) is 0. The van der Waals surface area contributed by atoms with Crippen molar-refractivity contribution in [3.8, 4) is 0 Å². The van der Waals surface area contributed by atoms with Gasteiger partial charge in [-0.1, -0.05) is 48.5 Å². The number of carbonyl (C=O) groups is 1. The molecule has 1 fully saturated rings. The highest BCUT2D eigenvalue weighted by Crippen LogP contribution is 2.25. The van der Waals surface area contributed by atoms with Crippen LogP contribution in [0.5, 0.6) is 0 Å². The van der Waals surface area contributed by atoms with Crippen molar-refractivity contribution in [3.63, 3.8) is 0 Å². The predicted octanol–water partition coefficient (Wildman–Crippen LogP) is 3.67. The second-order valence-electron chi connectivity index (χ2n) is 7.87. The van der Waals surface area contributed by atoms with Gasteiger partial charge < -0.3 is 10.1 Å². The largest absolute Gasteiger partial charge is 0.379 e. The van der Waals surface area contributed by atoms with E-state index in [1.165, 1.54) is 22.5 Å². The molecule has 0 aromatic heterocycles. The molecule has 1 amide bonds. The first kappa shape index (κ1) is 23.1. The van der Waals surface area contributed by atoms with Crippen molar-refractivity contribution in [2.24, 2.45) is 0 Å². The van der Waals surface area contributed by atoms with E-state index in [1.54, 1.807) is 31.2 Å². The molecule has 0 spiro atoms. The summed E-state index contributed by atoms with van der Waals surface area (Å²) in [5.41, 5.74) is 2.33. The summed E-state index contributed by atoms with van der Waals surface area (Å²) in [5, 5.41) is 2.97. The van der Waals surface area contributed by atoms with Gasteiger partial charge in [0.2, 0.25) is 10.0 Å². The molecule has 3 aromatic rings. The van der Waals surface area contributed by atoms with Gasteiger partial charge in [-0.05, 0) is 47.9 Å². The summed E-state index contributed by atoms with van der Waals surface area (Å²) >= 11 is 0. The molecule has 1 atom stereocenters. The number of hydrogen-bond donors (Lipinski definition) is 1. The first-order valence-electron chi connectivity index (χ1n) is 10.7. The van der Waals surface area contributed by atoms with E-state index in [9.17, 15) is 17.6 Å². The molecule has 8 heteroatoms. The molecule has 6 nitrogen and oxygen atoms in total. The molecule has 0 radical (unpaired) electrons. The standard InChI is InChI=1S/C25H25FN2O4S/c1-18-7-8-21(17-23(18)33(30,31)28-13-15-32-16-14-28)25(29)27-24(19-5-3-2-4-6-19)20-9-11-22(26)12-10-20/h2-12,17,24H,13-16H2,1H3,(H,27,29). The van der Waals surface area contributed by atoms with Crippen LogP contribution in [0.25, 0.3) is 0 Å². The molecule has 172 valence electrons. The molecule has 0 bridgehead atoms. The zero-order valence-electron chi connectivity index (χ0n) is 18.2. The number of aryl methyl sites for hydroxylation is 1. The van der Waals surface area contributed by atoms with Gasteiger partial charge in [0.05, 0.1) is 24.2 Å². The van der Waals surface area contributed by atoms with Gasteiger partial charge in [0.25, 0.3) is 5.91 Å². The van der Waals surface area contributed by atoms with E-state index in [4.69, 9.17) is 4.74 Å². The second kappa shape index (κ2) is 9.82. The lowest BCUT2D eigenvalue weighted by molar-refractivity contribution is 0.0730. The Morgan fingerprint density at radius 2 is 1.61 bits per heavy atom. The molecule has 0 saturated carbocycles. The van der Waals surface area contributed by atoms with E-state index >= 15 is 0 Å². The van der Waals surface area contributed by atoms with Gasteiger partial charge in [-0.3, -0.25) is 4.79 Å². The molecule has 1 aliphatic heterocycles. The molecular formula is C25H25FN2O4S. The van der Waals surface area contributed by atoms with Crippen molar-refractivity contribution in [3.05, 3.63) is 101 Å². The first-order chi connectivity index (χ1) is 15.9. The monoisotopic (exact) mass is 468 g/mol. The molecule has 1 aliphatic rings. The van der Waals surface area contributed by atoms with Crippen molar-refractivity contribution < 1.29 is 22.3 Å². The van der Waals surface area contributed by atoms with Crippen LogP contribution in [0.4, 0.5) is 4.39 Å². The lowest BCUT2D eigenvalue weighted by Crippen LogP contribution is -2.41. The maximum atomic E-state index is 13.5. The van der Waals surface area contributed by atoms with Gasteiger partial charge in [-0.2, -0.15) is 4.31 Å². The van der Waals surface area contributed by atoms with E-state index in [1.807, 2.05) is 30.3 Å². The molecular weight excluding hydrogens is 443 g/mol. The summed E-state index contributed by atoms with van der Waals surface area (Å²) in [4.78, 5) is 13.3. The minimum Gasteiger partial charge on any atom is -0.379 e. The molecule has 1 N–H and O–H groups in total. The maximum absolute atomic E-state index is 13.5. The van der Waals surface area contributed by atoms with Crippen molar-refractivity contribution in [1.82, 2.24) is 9.62 Å². The SMILES string of the molecule is Cc1ccc(C(=O)NC(c2ccccc2)c2ccc(F)cc2)cc1S(=O)(=O)N1CCOCC1. The van der Waals surface area contributed by atoms with E-state index < -0.39 is 22.0 Å². The van der Waals surface area contributed by atoms with Gasteiger partial charge in [0, 0.05) is 18.7 Å². The number of hydrogen-bond acceptors (Lipinski definition) is 4. The lowest BCUT2D eigenvalue weighted by atomic mass is 9.98. The Morgan fingerprint density at radius 1 is 0.970 bits per heavy atom. The Bertz CT molecular complexity index is 1230. The molecule has 4 rings (SSSR count). The Labute approximate surface area is 193 Å². The van der Waals surface area contributed by atoms with Crippen LogP contribution in [0.3, 0.4) is 0 Å². The average molecular weight is 469 g/mol. The molecule has 1 unspecified atom stereocenters. The molecule has 33 heavy (non-hydrogen) atoms. The highest BCUT2D eigenvalue weighted by molar-refractivity contribution is 7.89. The fraction of sp³-hybridized carbons (Fsp3) is 0.240. The van der Waals surface area contributed by atoms with Crippen LogP contribution in [0, 0.1) is 12.7 Å². The number of sulfonamides is 1. The zero-order chi connectivity index (χ0) is 23.4. The lowest BCUT2D eigenvalue weighted by Gasteiger charge is -2.27. The summed E-state index contributed by atoms with van der Waals surface area (Å²) in [6, 6.07) is 19.4. The zero-order valence-corrected chi connectivity index (χ0v) is 19.0. The number of nitrogens with zero attached hydrogens (tertiary/aromatic N) is 1. The summed E-state index contributed by atoms with van der Waals surface area (Å²) < 4.78 is 46.5. The Balaban J connectivity index is 1.65. The average Bonchev–Trinajstić information content (AvgIpc) is 2.84. The van der Waals surface area contributed by atoms with Crippen LogP contribution in [-0.4, -0.2) is 44.9 Å². The van der Waals surface area contributed by atoms with E-state index in [-0.39, 0.29) is 29.4 Å². The maximum Gasteiger partial charge on any atom is 0.252 e. The van der Waals surface area contributed by atoms with Gasteiger partial charge >= 0.3 is 0 Å². The topological polar surface area (TPSA) is 75.7 Å². The Hall–Kier alpha value is -3.07. The number of rotatable bonds is 6. The number of benzene rings is 3. The number of nitrogens with one attached hydrogen (secondary N) is 1. The summed E-state index contributed by atoms with van der Waals surface area (Å²) in [6.45, 7) is 2.95. The van der Waals surface area contributed by atoms with Crippen molar-refractivity contribution in [2.75, 3.05) is 26.3 Å². The first-order valence-corrected chi connectivity index (χ1v) is 12.1. The Morgan fingerprint density at radius 3 is 2.27 bits per heavy atom. The highest BCUT2D eigenvalue weighted by Gasteiger charge is 2.29. The predicted molar refractivity (Wildman–Crippen MR) is 123 cm³/mol. The quantitative estimate of drug-likeness (QED) is 0.599. The third kappa shape index (κ3) is 5.13. The minimum absolute atomic E-state index is 0.107. The number of carbonyl (C=O) groups excluding carboxylic acids is 1. The van der Waals surface area contributed by atoms with Crippen molar-refractivity contribution >= 4 is 15.9 Å². The van der Waals surface area contributed by atoms with Crippen LogP contribution in [-0.2, 0) is 14.8 Å². The molecule has 1 saturated heterocycles. The normalized spacial score (nSPS) is 15.7. The van der Waals surface area contributed by atoms with Gasteiger partial charge in [-0.15, -0.1) is 0 Å². The highest BCUT2D eigenvalue weighted by atomic mass is 32.2. The van der Waals surface area contributed by atoms with Crippen molar-refractivity contribution in [1.29, 1.82) is 0 Å². The smallest absolute Gasteiger partial charge is 0.252 e. The summed E-state index contributed by atoms with van der Waals surface area (Å²) in [5.74, 6) is -0.792. The summed E-state index contributed by atoms with van der Waals surface area (Å²) in [7, 11) is -3.75. The van der Waals surface area contributed by atoms with E-state index in [2.05, 4.69) is 5.32 Å². The number of halogens is 1. The second-order valence-corrected chi connectivity index (χ2v) is 9.77. The van der Waals surface area contributed by atoms with Crippen LogP contribution in [0.2, 0.25) is 0 Å². The van der Waals surface area contributed by atoms with Gasteiger partial charge in [0.1, 0.15) is 5.82 Å². The fourth-order valence-electron chi connectivity index (χ4n) is 3.82. The number of amides is 1. The third-order valence-electron chi connectivity index (χ3n) is 5.65. The molecule has 0 aliphatic carbocycles. The number of morpholine rings is 1. The van der Waals surface area contributed by atoms with Crippen LogP contribution in [0.1, 0.15) is 33.1 Å². The van der Waals surface area contributed by atoms with Gasteiger partial charge in [0.15, 0.2) is 0 Å². The number of ether oxygens (including phenoxy) is 1. The van der Waals surface area contributed by atoms with Crippen LogP contribution < -0.4 is 5.32 Å². The van der Waals surface area contributed by atoms with Crippen molar-refractivity contribution in [2.45, 2.75) is 17.9 Å². The molecule has 1 heterocycles. The van der Waals surface area contributed by atoms with Crippen LogP contribution >= 0.6 is 0 Å². The Kier molecular flexibility index (Phi) is 6.88. The molecule has 3 aromatic carbocycles. The van der Waals surface area contributed by atoms with E-state index in [0.29, 0.717) is 24.3 Å². The minimum atomic E-state index is -3.75. The van der Waals surface area contributed by atoms with Gasteiger partial charge in [-0.25, -0.2) is 12.8 Å². The van der Waals surface area contributed by atoms with Crippen LogP contribution in [0.15, 0.2) is 77.7 Å². The fourth-order valence-corrected chi connectivity index (χ4v) is 5.48.